The molecule has 6 heteroatoms. The first kappa shape index (κ1) is 18.0. The van der Waals surface area contributed by atoms with Gasteiger partial charge in [-0.3, -0.25) is 0 Å². The van der Waals surface area contributed by atoms with Crippen LogP contribution in [0.15, 0.2) is 30.3 Å². The summed E-state index contributed by atoms with van der Waals surface area (Å²) in [6.45, 7) is 7.22. The zero-order chi connectivity index (χ0) is 18.7. The third-order valence-electron chi connectivity index (χ3n) is 4.39. The number of benzene rings is 1. The number of nitrogens with one attached hydrogen (secondary N) is 1. The molecule has 0 amide bonds. The van der Waals surface area contributed by atoms with Gasteiger partial charge in [0, 0.05) is 0 Å². The zero-order valence-corrected chi connectivity index (χ0v) is 15.5. The summed E-state index contributed by atoms with van der Waals surface area (Å²) < 4.78 is 16.1. The van der Waals surface area contributed by atoms with E-state index in [9.17, 15) is 4.79 Å². The Hall–Kier alpha value is -2.76. The van der Waals surface area contributed by atoms with Crippen LogP contribution < -0.4 is 14.8 Å². The molecule has 0 fully saturated rings. The molecule has 0 radical (unpaired) electrons. The fourth-order valence-corrected chi connectivity index (χ4v) is 3.01. The van der Waals surface area contributed by atoms with Crippen LogP contribution in [0.5, 0.6) is 11.5 Å². The lowest BCUT2D eigenvalue weighted by Gasteiger charge is -2.26. The second-order valence-corrected chi connectivity index (χ2v) is 6.59. The summed E-state index contributed by atoms with van der Waals surface area (Å²) >= 11 is 0. The molecular formula is C20H24N2O4. The number of ether oxygens (including phenoxy) is 3. The van der Waals surface area contributed by atoms with Crippen LogP contribution in [-0.4, -0.2) is 31.3 Å². The average Bonchev–Trinajstić information content (AvgIpc) is 2.65. The molecular weight excluding hydrogens is 332 g/mol. The summed E-state index contributed by atoms with van der Waals surface area (Å²) in [6, 6.07) is 9.58. The molecule has 3 rings (SSSR count). The molecule has 0 saturated heterocycles. The van der Waals surface area contributed by atoms with Crippen LogP contribution in [0.3, 0.4) is 0 Å². The molecule has 2 aromatic rings. The Morgan fingerprint density at radius 3 is 2.54 bits per heavy atom. The molecule has 1 aliphatic heterocycles. The van der Waals surface area contributed by atoms with Gasteiger partial charge < -0.3 is 19.5 Å². The van der Waals surface area contributed by atoms with E-state index in [0.29, 0.717) is 36.2 Å². The second-order valence-electron chi connectivity index (χ2n) is 6.59. The van der Waals surface area contributed by atoms with E-state index in [-0.39, 0.29) is 12.0 Å². The van der Waals surface area contributed by atoms with Crippen molar-refractivity contribution in [3.05, 3.63) is 47.2 Å². The van der Waals surface area contributed by atoms with Crippen molar-refractivity contribution < 1.29 is 19.0 Å². The van der Waals surface area contributed by atoms with Gasteiger partial charge in [0.25, 0.3) is 0 Å². The van der Waals surface area contributed by atoms with Crippen LogP contribution in [0, 0.1) is 12.8 Å². The Kier molecular flexibility index (Phi) is 5.30. The minimum atomic E-state index is -0.381. The van der Waals surface area contributed by atoms with Crippen LogP contribution >= 0.6 is 0 Å². The molecule has 6 nitrogen and oxygen atoms in total. The third kappa shape index (κ3) is 3.74. The molecule has 0 bridgehead atoms. The first-order valence-corrected chi connectivity index (χ1v) is 8.71. The van der Waals surface area contributed by atoms with Gasteiger partial charge in [-0.1, -0.05) is 19.9 Å². The monoisotopic (exact) mass is 356 g/mol. The average molecular weight is 356 g/mol. The van der Waals surface area contributed by atoms with Crippen molar-refractivity contribution in [1.29, 1.82) is 0 Å². The molecule has 138 valence electrons. The molecule has 1 aromatic carbocycles. The van der Waals surface area contributed by atoms with E-state index in [1.165, 1.54) is 7.11 Å². The number of methoxy groups -OCH3 is 1. The maximum absolute atomic E-state index is 11.7. The van der Waals surface area contributed by atoms with Crippen molar-refractivity contribution in [3.63, 3.8) is 0 Å². The van der Waals surface area contributed by atoms with Gasteiger partial charge in [0.15, 0.2) is 11.5 Å². The summed E-state index contributed by atoms with van der Waals surface area (Å²) in [5.74, 6) is 2.20. The van der Waals surface area contributed by atoms with E-state index >= 15 is 0 Å². The number of nitrogens with zero attached hydrogens (tertiary/aromatic N) is 1. The van der Waals surface area contributed by atoms with Gasteiger partial charge in [0.2, 0.25) is 0 Å². The third-order valence-corrected chi connectivity index (χ3v) is 4.39. The number of carbonyl (C=O) groups excluding carboxylic acids is 1. The van der Waals surface area contributed by atoms with Gasteiger partial charge in [-0.25, -0.2) is 9.78 Å². The molecule has 26 heavy (non-hydrogen) atoms. The van der Waals surface area contributed by atoms with E-state index in [1.54, 1.807) is 19.1 Å². The summed E-state index contributed by atoms with van der Waals surface area (Å²) in [7, 11) is 1.37. The number of aryl methyl sites for hydroxylation is 1. The van der Waals surface area contributed by atoms with Gasteiger partial charge in [-0.05, 0) is 42.7 Å². The SMILES string of the molecule is COC(=O)c1ccc(NC(c2ccc3c(c2)OCCO3)C(C)C)nc1C. The Morgan fingerprint density at radius 1 is 1.15 bits per heavy atom. The summed E-state index contributed by atoms with van der Waals surface area (Å²) in [5, 5.41) is 3.47. The minimum Gasteiger partial charge on any atom is -0.486 e. The lowest BCUT2D eigenvalue weighted by atomic mass is 9.95. The number of anilines is 1. The molecule has 1 aliphatic rings. The van der Waals surface area contributed by atoms with Crippen molar-refractivity contribution in [2.24, 2.45) is 5.92 Å². The van der Waals surface area contributed by atoms with Crippen LogP contribution in [0.25, 0.3) is 0 Å². The van der Waals surface area contributed by atoms with Gasteiger partial charge in [-0.15, -0.1) is 0 Å². The number of carbonyl (C=O) groups is 1. The molecule has 1 N–H and O–H groups in total. The van der Waals surface area contributed by atoms with Crippen molar-refractivity contribution in [2.45, 2.75) is 26.8 Å². The first-order valence-electron chi connectivity index (χ1n) is 8.71. The topological polar surface area (TPSA) is 69.7 Å². The number of aromatic nitrogens is 1. The Balaban J connectivity index is 1.85. The molecule has 2 heterocycles. The summed E-state index contributed by atoms with van der Waals surface area (Å²) in [5.41, 5.74) is 2.20. The second kappa shape index (κ2) is 7.64. The number of fused-ring (bicyclic) bond motifs is 1. The lowest BCUT2D eigenvalue weighted by molar-refractivity contribution is 0.0599. The van der Waals surface area contributed by atoms with Crippen molar-refractivity contribution in [2.75, 3.05) is 25.6 Å². The van der Waals surface area contributed by atoms with Gasteiger partial charge >= 0.3 is 5.97 Å². The molecule has 1 aromatic heterocycles. The highest BCUT2D eigenvalue weighted by Crippen LogP contribution is 2.35. The van der Waals surface area contributed by atoms with Crippen LogP contribution in [0.1, 0.15) is 41.5 Å². The van der Waals surface area contributed by atoms with E-state index in [4.69, 9.17) is 14.2 Å². The number of esters is 1. The number of pyridine rings is 1. The maximum atomic E-state index is 11.7. The van der Waals surface area contributed by atoms with Gasteiger partial charge in [-0.2, -0.15) is 0 Å². The van der Waals surface area contributed by atoms with Crippen LogP contribution in [0.2, 0.25) is 0 Å². The van der Waals surface area contributed by atoms with E-state index < -0.39 is 0 Å². The van der Waals surface area contributed by atoms with Gasteiger partial charge in [0.1, 0.15) is 19.0 Å². The van der Waals surface area contributed by atoms with Crippen LogP contribution in [0.4, 0.5) is 5.82 Å². The standard InChI is InChI=1S/C20H24N2O4/c1-12(2)19(14-5-7-16-17(11-14)26-10-9-25-16)22-18-8-6-15(13(3)21-18)20(23)24-4/h5-8,11-12,19H,9-10H2,1-4H3,(H,21,22). The minimum absolute atomic E-state index is 0.0432. The fourth-order valence-electron chi connectivity index (χ4n) is 3.01. The molecule has 0 spiro atoms. The first-order chi connectivity index (χ1) is 12.5. The Bertz CT molecular complexity index is 804. The number of hydrogen-bond acceptors (Lipinski definition) is 6. The highest BCUT2D eigenvalue weighted by atomic mass is 16.6. The predicted octanol–water partition coefficient (Wildman–Crippen LogP) is 3.76. The normalized spacial score (nSPS) is 14.0. The zero-order valence-electron chi connectivity index (χ0n) is 15.5. The van der Waals surface area contributed by atoms with E-state index in [1.807, 2.05) is 18.2 Å². The van der Waals surface area contributed by atoms with E-state index in [0.717, 1.165) is 17.1 Å². The van der Waals surface area contributed by atoms with Crippen molar-refractivity contribution >= 4 is 11.8 Å². The fraction of sp³-hybridized carbons (Fsp3) is 0.400. The van der Waals surface area contributed by atoms with Crippen molar-refractivity contribution in [3.8, 4) is 11.5 Å². The molecule has 0 saturated carbocycles. The Labute approximate surface area is 153 Å². The predicted molar refractivity (Wildman–Crippen MR) is 98.9 cm³/mol. The van der Waals surface area contributed by atoms with Crippen LogP contribution in [-0.2, 0) is 4.74 Å². The van der Waals surface area contributed by atoms with Gasteiger partial charge in [0.05, 0.1) is 24.4 Å². The molecule has 1 atom stereocenters. The van der Waals surface area contributed by atoms with Crippen molar-refractivity contribution in [1.82, 2.24) is 4.98 Å². The quantitative estimate of drug-likeness (QED) is 0.823. The molecule has 0 aliphatic carbocycles. The highest BCUT2D eigenvalue weighted by Gasteiger charge is 2.21. The maximum Gasteiger partial charge on any atom is 0.339 e. The summed E-state index contributed by atoms with van der Waals surface area (Å²) in [4.78, 5) is 16.2. The van der Waals surface area contributed by atoms with E-state index in [2.05, 4.69) is 24.1 Å². The molecule has 1 unspecified atom stereocenters. The highest BCUT2D eigenvalue weighted by molar-refractivity contribution is 5.90. The lowest BCUT2D eigenvalue weighted by Crippen LogP contribution is -2.20. The number of rotatable bonds is 5. The summed E-state index contributed by atoms with van der Waals surface area (Å²) in [6.07, 6.45) is 0. The number of hydrogen-bond donors (Lipinski definition) is 1. The smallest absolute Gasteiger partial charge is 0.339 e. The Morgan fingerprint density at radius 2 is 1.88 bits per heavy atom. The largest absolute Gasteiger partial charge is 0.486 e.